The summed E-state index contributed by atoms with van der Waals surface area (Å²) in [6, 6.07) is 6.21. The monoisotopic (exact) mass is 330 g/mol. The molecule has 8 nitrogen and oxygen atoms in total. The molecule has 1 fully saturated rings. The number of hydrogen-bond donors (Lipinski definition) is 1. The van der Waals surface area contributed by atoms with Gasteiger partial charge in [0, 0.05) is 28.0 Å². The Morgan fingerprint density at radius 2 is 2.00 bits per heavy atom. The molecule has 1 aromatic carbocycles. The normalized spacial score (nSPS) is 19.8. The van der Waals surface area contributed by atoms with Crippen LogP contribution >= 0.6 is 0 Å². The van der Waals surface area contributed by atoms with E-state index in [2.05, 4.69) is 15.5 Å². The van der Waals surface area contributed by atoms with Gasteiger partial charge >= 0.3 is 0 Å². The van der Waals surface area contributed by atoms with Gasteiger partial charge in [-0.25, -0.2) is 0 Å². The van der Waals surface area contributed by atoms with Crippen LogP contribution in [0.5, 0.6) is 0 Å². The number of rotatable bonds is 4. The number of carbonyl (C=O) groups is 1. The molecule has 0 saturated heterocycles. The van der Waals surface area contributed by atoms with E-state index in [9.17, 15) is 14.9 Å². The Bertz CT molecular complexity index is 776. The van der Waals surface area contributed by atoms with Crippen molar-refractivity contribution in [3.8, 4) is 11.4 Å². The van der Waals surface area contributed by atoms with Crippen molar-refractivity contribution in [3.63, 3.8) is 0 Å². The van der Waals surface area contributed by atoms with Crippen molar-refractivity contribution in [1.82, 2.24) is 10.1 Å². The second-order valence-corrected chi connectivity index (χ2v) is 6.93. The van der Waals surface area contributed by atoms with Gasteiger partial charge in [0.2, 0.25) is 23.7 Å². The molecule has 8 heteroatoms. The summed E-state index contributed by atoms with van der Waals surface area (Å²) < 4.78 is 5.26. The molecule has 0 radical (unpaired) electrons. The Morgan fingerprint density at radius 1 is 1.33 bits per heavy atom. The standard InChI is InChI=1S/C16H18N4O4/c1-16(2,3)15-18-13(19-24-15)9-4-6-10(7-5-9)17-14(21)11-8-12(11)20(22)23/h4-7,11-12H,8H2,1-3H3,(H,17,21)/t11-,12+/m1/s1. The minimum atomic E-state index is -0.751. The van der Waals surface area contributed by atoms with Crippen molar-refractivity contribution in [2.24, 2.45) is 5.92 Å². The average molecular weight is 330 g/mol. The Kier molecular flexibility index (Phi) is 3.82. The zero-order chi connectivity index (χ0) is 17.5. The van der Waals surface area contributed by atoms with Gasteiger partial charge < -0.3 is 9.84 Å². The summed E-state index contributed by atoms with van der Waals surface area (Å²) in [7, 11) is 0. The minimum absolute atomic E-state index is 0.225. The molecular weight excluding hydrogens is 312 g/mol. The second kappa shape index (κ2) is 5.70. The van der Waals surface area contributed by atoms with Crippen LogP contribution in [0.4, 0.5) is 5.69 Å². The van der Waals surface area contributed by atoms with Crippen LogP contribution in [0.15, 0.2) is 28.8 Å². The third-order valence-corrected chi connectivity index (χ3v) is 3.84. The molecule has 1 aromatic heterocycles. The topological polar surface area (TPSA) is 111 Å². The number of nitro groups is 1. The lowest BCUT2D eigenvalue weighted by Crippen LogP contribution is -2.18. The summed E-state index contributed by atoms with van der Waals surface area (Å²) in [5.74, 6) is 0.174. The van der Waals surface area contributed by atoms with Crippen LogP contribution in [0.1, 0.15) is 33.1 Å². The second-order valence-electron chi connectivity index (χ2n) is 6.93. The average Bonchev–Trinajstić information content (AvgIpc) is 3.16. The fraction of sp³-hybridized carbons (Fsp3) is 0.438. The third kappa shape index (κ3) is 3.27. The van der Waals surface area contributed by atoms with E-state index in [1.54, 1.807) is 24.3 Å². The molecule has 1 aliphatic rings. The number of amides is 1. The first kappa shape index (κ1) is 16.1. The van der Waals surface area contributed by atoms with E-state index in [1.807, 2.05) is 20.8 Å². The fourth-order valence-corrected chi connectivity index (χ4v) is 2.28. The van der Waals surface area contributed by atoms with E-state index in [4.69, 9.17) is 4.52 Å². The van der Waals surface area contributed by atoms with Crippen molar-refractivity contribution >= 4 is 11.6 Å². The van der Waals surface area contributed by atoms with Crippen LogP contribution in [0.2, 0.25) is 0 Å². The van der Waals surface area contributed by atoms with Gasteiger partial charge in [-0.05, 0) is 24.3 Å². The summed E-state index contributed by atoms with van der Waals surface area (Å²) in [6.45, 7) is 5.96. The van der Waals surface area contributed by atoms with Crippen LogP contribution < -0.4 is 5.32 Å². The van der Waals surface area contributed by atoms with Crippen LogP contribution in [-0.2, 0) is 10.2 Å². The first-order valence-electron chi connectivity index (χ1n) is 7.64. The van der Waals surface area contributed by atoms with Crippen LogP contribution in [0.25, 0.3) is 11.4 Å². The smallest absolute Gasteiger partial charge is 0.234 e. The SMILES string of the molecule is CC(C)(C)c1nc(-c2ccc(NC(=O)[C@@H]3C[C@@H]3[N+](=O)[O-])cc2)no1. The van der Waals surface area contributed by atoms with Crippen molar-refractivity contribution in [2.75, 3.05) is 5.32 Å². The summed E-state index contributed by atoms with van der Waals surface area (Å²) in [5, 5.41) is 17.3. The van der Waals surface area contributed by atoms with E-state index in [0.717, 1.165) is 5.56 Å². The Labute approximate surface area is 138 Å². The quantitative estimate of drug-likeness (QED) is 0.681. The highest BCUT2D eigenvalue weighted by Gasteiger charge is 2.53. The zero-order valence-corrected chi connectivity index (χ0v) is 13.6. The lowest BCUT2D eigenvalue weighted by atomic mass is 9.97. The Morgan fingerprint density at radius 3 is 2.50 bits per heavy atom. The molecule has 1 saturated carbocycles. The number of anilines is 1. The molecule has 0 spiro atoms. The van der Waals surface area contributed by atoms with E-state index in [-0.39, 0.29) is 11.3 Å². The van der Waals surface area contributed by atoms with Gasteiger partial charge in [0.1, 0.15) is 5.92 Å². The number of nitrogens with one attached hydrogen (secondary N) is 1. The van der Waals surface area contributed by atoms with Gasteiger partial charge in [-0.1, -0.05) is 25.9 Å². The molecule has 2 aromatic rings. The maximum atomic E-state index is 11.9. The first-order valence-corrected chi connectivity index (χ1v) is 7.64. The maximum absolute atomic E-state index is 11.9. The fourth-order valence-electron chi connectivity index (χ4n) is 2.28. The van der Waals surface area contributed by atoms with E-state index in [0.29, 0.717) is 23.8 Å². The summed E-state index contributed by atoms with van der Waals surface area (Å²) >= 11 is 0. The van der Waals surface area contributed by atoms with Gasteiger partial charge in [0.05, 0.1) is 0 Å². The van der Waals surface area contributed by atoms with Crippen molar-refractivity contribution < 1.29 is 14.2 Å². The maximum Gasteiger partial charge on any atom is 0.234 e. The van der Waals surface area contributed by atoms with Gasteiger partial charge in [-0.3, -0.25) is 14.9 Å². The van der Waals surface area contributed by atoms with Crippen molar-refractivity contribution in [3.05, 3.63) is 40.3 Å². The molecule has 3 rings (SSSR count). The summed E-state index contributed by atoms with van der Waals surface area (Å²) in [4.78, 5) is 26.5. The van der Waals surface area contributed by atoms with E-state index < -0.39 is 16.9 Å². The zero-order valence-electron chi connectivity index (χ0n) is 13.6. The predicted molar refractivity (Wildman–Crippen MR) is 86.0 cm³/mol. The molecule has 2 atom stereocenters. The molecular formula is C16H18N4O4. The van der Waals surface area contributed by atoms with E-state index >= 15 is 0 Å². The highest BCUT2D eigenvalue weighted by Crippen LogP contribution is 2.34. The first-order chi connectivity index (χ1) is 11.3. The van der Waals surface area contributed by atoms with Crippen LogP contribution in [0.3, 0.4) is 0 Å². The molecule has 1 aliphatic carbocycles. The molecule has 1 amide bonds. The molecule has 126 valence electrons. The molecule has 24 heavy (non-hydrogen) atoms. The van der Waals surface area contributed by atoms with Crippen LogP contribution in [0, 0.1) is 16.0 Å². The molecule has 0 aliphatic heterocycles. The third-order valence-electron chi connectivity index (χ3n) is 3.84. The van der Waals surface area contributed by atoms with Crippen molar-refractivity contribution in [2.45, 2.75) is 38.6 Å². The number of hydrogen-bond acceptors (Lipinski definition) is 6. The summed E-state index contributed by atoms with van der Waals surface area (Å²) in [5.41, 5.74) is 1.12. The number of carbonyl (C=O) groups excluding carboxylic acids is 1. The van der Waals surface area contributed by atoms with Crippen LogP contribution in [-0.4, -0.2) is 27.0 Å². The lowest BCUT2D eigenvalue weighted by molar-refractivity contribution is -0.497. The van der Waals surface area contributed by atoms with Gasteiger partial charge in [-0.2, -0.15) is 4.98 Å². The lowest BCUT2D eigenvalue weighted by Gasteiger charge is -2.10. The Balaban J connectivity index is 1.67. The van der Waals surface area contributed by atoms with E-state index in [1.165, 1.54) is 0 Å². The van der Waals surface area contributed by atoms with Gasteiger partial charge in [-0.15, -0.1) is 0 Å². The summed E-state index contributed by atoms with van der Waals surface area (Å²) in [6.07, 6.45) is 0.301. The predicted octanol–water partition coefficient (Wildman–Crippen LogP) is 2.64. The molecule has 0 bridgehead atoms. The minimum Gasteiger partial charge on any atom is -0.338 e. The number of aromatic nitrogens is 2. The molecule has 1 heterocycles. The molecule has 1 N–H and O–H groups in total. The molecule has 0 unspecified atom stereocenters. The van der Waals surface area contributed by atoms with Gasteiger partial charge in [0.25, 0.3) is 0 Å². The number of nitrogens with zero attached hydrogens (tertiary/aromatic N) is 3. The largest absolute Gasteiger partial charge is 0.338 e. The van der Waals surface area contributed by atoms with Crippen molar-refractivity contribution in [1.29, 1.82) is 0 Å². The number of benzene rings is 1. The van der Waals surface area contributed by atoms with Gasteiger partial charge in [0.15, 0.2) is 0 Å². The highest BCUT2D eigenvalue weighted by atomic mass is 16.6. The Hall–Kier alpha value is -2.77. The highest BCUT2D eigenvalue weighted by molar-refractivity contribution is 5.94.